The molecule has 0 spiro atoms. The molecule has 1 saturated heterocycles. The second kappa shape index (κ2) is 11.2. The molecule has 2 aliphatic rings. The monoisotopic (exact) mass is 473 g/mol. The lowest BCUT2D eigenvalue weighted by Gasteiger charge is -2.34. The summed E-state index contributed by atoms with van der Waals surface area (Å²) in [6, 6.07) is 6.62. The van der Waals surface area contributed by atoms with E-state index >= 15 is 0 Å². The number of carbonyl (C=O) groups is 2. The molecule has 1 aromatic heterocycles. The number of esters is 1. The molecule has 6 nitrogen and oxygen atoms in total. The number of hydrogen-bond donors (Lipinski definition) is 1. The van der Waals surface area contributed by atoms with Crippen molar-refractivity contribution in [1.29, 1.82) is 0 Å². The van der Waals surface area contributed by atoms with E-state index in [-0.39, 0.29) is 17.7 Å². The maximum absolute atomic E-state index is 13.1. The van der Waals surface area contributed by atoms with Crippen LogP contribution < -0.4 is 5.32 Å². The lowest BCUT2D eigenvalue weighted by molar-refractivity contribution is -0.117. The molecule has 0 saturated carbocycles. The number of methoxy groups -OCH3 is 1. The predicted molar refractivity (Wildman–Crippen MR) is 128 cm³/mol. The van der Waals surface area contributed by atoms with E-state index < -0.39 is 0 Å². The first-order valence-corrected chi connectivity index (χ1v) is 12.6. The number of carbonyl (C=O) groups excluding carboxylic acids is 2. The second-order valence-corrected chi connectivity index (χ2v) is 9.95. The van der Waals surface area contributed by atoms with Gasteiger partial charge >= 0.3 is 5.97 Å². The maximum atomic E-state index is 13.1. The quantitative estimate of drug-likeness (QED) is 0.641. The Morgan fingerprint density at radius 3 is 2.36 bits per heavy atom. The first-order chi connectivity index (χ1) is 16.0. The van der Waals surface area contributed by atoms with Crippen LogP contribution in [0.5, 0.6) is 0 Å². The van der Waals surface area contributed by atoms with Crippen LogP contribution >= 0.6 is 11.3 Å². The van der Waals surface area contributed by atoms with E-state index in [2.05, 4.69) is 15.1 Å². The Morgan fingerprint density at radius 2 is 1.67 bits per heavy atom. The van der Waals surface area contributed by atoms with Crippen LogP contribution in [-0.4, -0.2) is 61.5 Å². The molecule has 2 heterocycles. The minimum absolute atomic E-state index is 0.0960. The van der Waals surface area contributed by atoms with Crippen LogP contribution in [0, 0.1) is 5.82 Å². The zero-order valence-corrected chi connectivity index (χ0v) is 20.0. The van der Waals surface area contributed by atoms with E-state index in [0.29, 0.717) is 17.1 Å². The molecule has 178 valence electrons. The summed E-state index contributed by atoms with van der Waals surface area (Å²) in [7, 11) is 1.40. The van der Waals surface area contributed by atoms with Crippen molar-refractivity contribution < 1.29 is 18.7 Å². The fourth-order valence-electron chi connectivity index (χ4n) is 4.65. The van der Waals surface area contributed by atoms with Gasteiger partial charge in [-0.05, 0) is 48.9 Å². The Labute approximate surface area is 198 Å². The van der Waals surface area contributed by atoms with Crippen LogP contribution in [0.4, 0.5) is 9.39 Å². The van der Waals surface area contributed by atoms with Crippen molar-refractivity contribution in [1.82, 2.24) is 9.80 Å². The normalized spacial score (nSPS) is 17.6. The summed E-state index contributed by atoms with van der Waals surface area (Å²) in [5.74, 6) is -0.679. The number of aryl methyl sites for hydroxylation is 1. The van der Waals surface area contributed by atoms with Crippen molar-refractivity contribution in [3.05, 3.63) is 51.7 Å². The van der Waals surface area contributed by atoms with Gasteiger partial charge in [-0.3, -0.25) is 14.6 Å². The van der Waals surface area contributed by atoms with Gasteiger partial charge in [0.25, 0.3) is 0 Å². The molecule has 0 bridgehead atoms. The van der Waals surface area contributed by atoms with E-state index in [1.54, 1.807) is 0 Å². The van der Waals surface area contributed by atoms with Crippen LogP contribution in [0.3, 0.4) is 0 Å². The van der Waals surface area contributed by atoms with Crippen molar-refractivity contribution in [3.8, 4) is 0 Å². The van der Waals surface area contributed by atoms with Gasteiger partial charge in [0.2, 0.25) is 5.91 Å². The molecular formula is C25H32FN3O3S. The van der Waals surface area contributed by atoms with Gasteiger partial charge in [0.15, 0.2) is 0 Å². The van der Waals surface area contributed by atoms with E-state index in [9.17, 15) is 14.0 Å². The van der Waals surface area contributed by atoms with Crippen LogP contribution in [0.2, 0.25) is 0 Å². The molecule has 0 radical (unpaired) electrons. The highest BCUT2D eigenvalue weighted by Gasteiger charge is 2.27. The number of rotatable bonds is 6. The molecule has 1 aromatic carbocycles. The molecule has 1 aliphatic heterocycles. The first-order valence-electron chi connectivity index (χ1n) is 11.8. The van der Waals surface area contributed by atoms with E-state index in [4.69, 9.17) is 4.74 Å². The van der Waals surface area contributed by atoms with Gasteiger partial charge in [-0.25, -0.2) is 9.18 Å². The molecule has 4 rings (SSSR count). The Kier molecular flexibility index (Phi) is 8.11. The largest absolute Gasteiger partial charge is 0.465 e. The molecule has 1 aliphatic carbocycles. The Hall–Kier alpha value is -2.29. The van der Waals surface area contributed by atoms with Crippen molar-refractivity contribution >= 4 is 28.2 Å². The first kappa shape index (κ1) is 23.9. The third kappa shape index (κ3) is 6.19. The van der Waals surface area contributed by atoms with Gasteiger partial charge < -0.3 is 10.1 Å². The highest BCUT2D eigenvalue weighted by Crippen LogP contribution is 2.37. The van der Waals surface area contributed by atoms with Gasteiger partial charge in [0.05, 0.1) is 19.2 Å². The number of thiophene rings is 1. The summed E-state index contributed by atoms with van der Waals surface area (Å²) in [5, 5.41) is 3.65. The molecule has 0 unspecified atom stereocenters. The number of ether oxygens (including phenoxy) is 1. The third-order valence-corrected chi connectivity index (χ3v) is 7.67. The summed E-state index contributed by atoms with van der Waals surface area (Å²) >= 11 is 1.53. The standard InChI is InChI=1S/C25H32FN3O3S/c1-32-25(31)23-20-6-4-2-3-5-7-21(20)33-24(23)27-22(30)17-29-14-12-28(13-15-29)16-18-8-10-19(26)11-9-18/h8-11H,2-7,12-17H2,1H3,(H,27,30). The van der Waals surface area contributed by atoms with Gasteiger partial charge in [-0.15, -0.1) is 11.3 Å². The maximum Gasteiger partial charge on any atom is 0.341 e. The van der Waals surface area contributed by atoms with E-state index in [0.717, 1.165) is 69.5 Å². The highest BCUT2D eigenvalue weighted by molar-refractivity contribution is 7.17. The summed E-state index contributed by atoms with van der Waals surface area (Å²) < 4.78 is 18.2. The minimum Gasteiger partial charge on any atom is -0.465 e. The predicted octanol–water partition coefficient (Wildman–Crippen LogP) is 4.09. The van der Waals surface area contributed by atoms with Crippen molar-refractivity contribution in [2.45, 2.75) is 45.1 Å². The minimum atomic E-state index is -0.363. The average molecular weight is 474 g/mol. The average Bonchev–Trinajstić information content (AvgIpc) is 3.11. The molecule has 1 amide bonds. The van der Waals surface area contributed by atoms with Crippen molar-refractivity contribution in [2.24, 2.45) is 0 Å². The van der Waals surface area contributed by atoms with Crippen LogP contribution in [-0.2, 0) is 28.9 Å². The Bertz CT molecular complexity index is 968. The van der Waals surface area contributed by atoms with Gasteiger partial charge in [0.1, 0.15) is 10.8 Å². The molecule has 33 heavy (non-hydrogen) atoms. The lowest BCUT2D eigenvalue weighted by Crippen LogP contribution is -2.48. The van der Waals surface area contributed by atoms with Crippen LogP contribution in [0.1, 0.15) is 52.0 Å². The number of hydrogen-bond acceptors (Lipinski definition) is 6. The zero-order valence-electron chi connectivity index (χ0n) is 19.2. The number of amides is 1. The molecular weight excluding hydrogens is 441 g/mol. The fourth-order valence-corrected chi connectivity index (χ4v) is 5.94. The molecule has 1 fully saturated rings. The number of nitrogens with zero attached hydrogens (tertiary/aromatic N) is 2. The Balaban J connectivity index is 1.34. The van der Waals surface area contributed by atoms with E-state index in [1.165, 1.54) is 48.3 Å². The fraction of sp³-hybridized carbons (Fsp3) is 0.520. The smallest absolute Gasteiger partial charge is 0.341 e. The number of piperazine rings is 1. The van der Waals surface area contributed by atoms with Crippen LogP contribution in [0.25, 0.3) is 0 Å². The van der Waals surface area contributed by atoms with Gasteiger partial charge in [-0.2, -0.15) is 0 Å². The van der Waals surface area contributed by atoms with Crippen LogP contribution in [0.15, 0.2) is 24.3 Å². The molecule has 0 atom stereocenters. The number of halogens is 1. The van der Waals surface area contributed by atoms with Crippen molar-refractivity contribution in [3.63, 3.8) is 0 Å². The number of anilines is 1. The zero-order chi connectivity index (χ0) is 23.2. The molecule has 2 aromatic rings. The highest BCUT2D eigenvalue weighted by atomic mass is 32.1. The topological polar surface area (TPSA) is 61.9 Å². The number of fused-ring (bicyclic) bond motifs is 1. The summed E-state index contributed by atoms with van der Waals surface area (Å²) in [4.78, 5) is 31.0. The Morgan fingerprint density at radius 1 is 1.00 bits per heavy atom. The van der Waals surface area contributed by atoms with Gasteiger partial charge in [0, 0.05) is 37.6 Å². The van der Waals surface area contributed by atoms with E-state index in [1.807, 2.05) is 12.1 Å². The van der Waals surface area contributed by atoms with Crippen molar-refractivity contribution in [2.75, 3.05) is 45.2 Å². The summed E-state index contributed by atoms with van der Waals surface area (Å²) in [5.41, 5.74) is 2.71. The third-order valence-electron chi connectivity index (χ3n) is 6.47. The number of nitrogens with one attached hydrogen (secondary N) is 1. The summed E-state index contributed by atoms with van der Waals surface area (Å²) in [6.45, 7) is 4.37. The van der Waals surface area contributed by atoms with Gasteiger partial charge in [-0.1, -0.05) is 25.0 Å². The summed E-state index contributed by atoms with van der Waals surface area (Å²) in [6.07, 6.45) is 6.37. The molecule has 1 N–H and O–H groups in total. The number of benzene rings is 1. The second-order valence-electron chi connectivity index (χ2n) is 8.84. The lowest BCUT2D eigenvalue weighted by atomic mass is 9.96. The SMILES string of the molecule is COC(=O)c1c(NC(=O)CN2CCN(Cc3ccc(F)cc3)CC2)sc2c1CCCCCC2. The molecule has 8 heteroatoms.